The third-order valence-corrected chi connectivity index (χ3v) is 2.58. The van der Waals surface area contributed by atoms with Crippen LogP contribution in [-0.4, -0.2) is 12.4 Å². The Morgan fingerprint density at radius 1 is 1.36 bits per heavy atom. The highest BCUT2D eigenvalue weighted by Gasteiger charge is 2.11. The molecular weight excluding hydrogens is 176 g/mol. The molecule has 0 heterocycles. The van der Waals surface area contributed by atoms with E-state index in [1.807, 2.05) is 6.07 Å². The van der Waals surface area contributed by atoms with E-state index in [2.05, 4.69) is 12.1 Å². The molecule has 74 valence electrons. The fourth-order valence-electron chi connectivity index (χ4n) is 1.86. The van der Waals surface area contributed by atoms with Gasteiger partial charge in [0.25, 0.3) is 0 Å². The van der Waals surface area contributed by atoms with Crippen molar-refractivity contribution in [1.82, 2.24) is 0 Å². The van der Waals surface area contributed by atoms with Gasteiger partial charge < -0.3 is 4.74 Å². The van der Waals surface area contributed by atoms with E-state index in [0.717, 1.165) is 18.5 Å². The molecule has 1 aromatic carbocycles. The van der Waals surface area contributed by atoms with Crippen molar-refractivity contribution >= 4 is 6.29 Å². The van der Waals surface area contributed by atoms with Crippen molar-refractivity contribution in [3.05, 3.63) is 29.3 Å². The van der Waals surface area contributed by atoms with Gasteiger partial charge in [0.15, 0.2) is 12.4 Å². The first-order chi connectivity index (χ1) is 6.79. The van der Waals surface area contributed by atoms with Crippen molar-refractivity contribution in [2.75, 3.05) is 0 Å². The van der Waals surface area contributed by atoms with Gasteiger partial charge in [-0.1, -0.05) is 6.07 Å². The lowest BCUT2D eigenvalue weighted by atomic mass is 10.1. The lowest BCUT2D eigenvalue weighted by Crippen LogP contribution is -2.12. The second kappa shape index (κ2) is 3.82. The monoisotopic (exact) mass is 190 g/mol. The van der Waals surface area contributed by atoms with E-state index >= 15 is 0 Å². The summed E-state index contributed by atoms with van der Waals surface area (Å²) in [5, 5.41) is 0. The number of aryl methyl sites for hydroxylation is 2. The van der Waals surface area contributed by atoms with E-state index in [1.54, 1.807) is 6.92 Å². The molecule has 2 heteroatoms. The molecule has 0 spiro atoms. The van der Waals surface area contributed by atoms with E-state index in [1.165, 1.54) is 24.0 Å². The van der Waals surface area contributed by atoms with Gasteiger partial charge >= 0.3 is 0 Å². The summed E-state index contributed by atoms with van der Waals surface area (Å²) < 4.78 is 5.42. The molecule has 0 radical (unpaired) electrons. The third-order valence-electron chi connectivity index (χ3n) is 2.58. The maximum Gasteiger partial charge on any atom is 0.160 e. The van der Waals surface area contributed by atoms with Crippen LogP contribution in [-0.2, 0) is 17.6 Å². The van der Waals surface area contributed by atoms with Gasteiger partial charge in [-0.3, -0.25) is 4.79 Å². The van der Waals surface area contributed by atoms with Crippen LogP contribution in [0.25, 0.3) is 0 Å². The molecule has 1 atom stereocenters. The molecule has 0 N–H and O–H groups in total. The van der Waals surface area contributed by atoms with Gasteiger partial charge in [0.1, 0.15) is 5.75 Å². The van der Waals surface area contributed by atoms with Crippen molar-refractivity contribution in [2.45, 2.75) is 32.3 Å². The van der Waals surface area contributed by atoms with Gasteiger partial charge in [0.2, 0.25) is 0 Å². The molecule has 0 amide bonds. The molecular formula is C12H14O2. The first-order valence-corrected chi connectivity index (χ1v) is 5.03. The molecule has 14 heavy (non-hydrogen) atoms. The van der Waals surface area contributed by atoms with Crippen LogP contribution in [0.1, 0.15) is 24.5 Å². The molecule has 0 saturated carbocycles. The average molecular weight is 190 g/mol. The van der Waals surface area contributed by atoms with Crippen LogP contribution in [0.4, 0.5) is 0 Å². The van der Waals surface area contributed by atoms with Gasteiger partial charge in [-0.2, -0.15) is 0 Å². The normalized spacial score (nSPS) is 16.1. The molecule has 2 nitrogen and oxygen atoms in total. The standard InChI is InChI=1S/C12H14O2/c1-9(8-13)14-12-6-5-10-3-2-4-11(10)7-12/h5-9H,2-4H2,1H3. The number of hydrogen-bond donors (Lipinski definition) is 0. The maximum atomic E-state index is 10.4. The topological polar surface area (TPSA) is 26.3 Å². The summed E-state index contributed by atoms with van der Waals surface area (Å²) in [5.41, 5.74) is 2.80. The van der Waals surface area contributed by atoms with Crippen molar-refractivity contribution in [2.24, 2.45) is 0 Å². The van der Waals surface area contributed by atoms with E-state index in [4.69, 9.17) is 4.74 Å². The van der Waals surface area contributed by atoms with Crippen molar-refractivity contribution in [1.29, 1.82) is 0 Å². The van der Waals surface area contributed by atoms with Crippen LogP contribution in [0.2, 0.25) is 0 Å². The predicted molar refractivity (Wildman–Crippen MR) is 54.6 cm³/mol. The highest BCUT2D eigenvalue weighted by Crippen LogP contribution is 2.26. The Balaban J connectivity index is 2.16. The fraction of sp³-hybridized carbons (Fsp3) is 0.417. The highest BCUT2D eigenvalue weighted by molar-refractivity contribution is 5.56. The van der Waals surface area contributed by atoms with Gasteiger partial charge in [0, 0.05) is 0 Å². The van der Waals surface area contributed by atoms with E-state index in [-0.39, 0.29) is 6.10 Å². The molecule has 0 saturated heterocycles. The minimum atomic E-state index is -0.352. The quantitative estimate of drug-likeness (QED) is 0.682. The number of ether oxygens (including phenoxy) is 1. The smallest absolute Gasteiger partial charge is 0.160 e. The van der Waals surface area contributed by atoms with Crippen LogP contribution in [0.15, 0.2) is 18.2 Å². The summed E-state index contributed by atoms with van der Waals surface area (Å²) in [5.74, 6) is 0.810. The Hall–Kier alpha value is -1.31. The second-order valence-electron chi connectivity index (χ2n) is 3.74. The van der Waals surface area contributed by atoms with Crippen LogP contribution < -0.4 is 4.74 Å². The van der Waals surface area contributed by atoms with Crippen LogP contribution in [0, 0.1) is 0 Å². The minimum Gasteiger partial charge on any atom is -0.483 e. The number of rotatable bonds is 3. The van der Waals surface area contributed by atoms with Crippen LogP contribution in [0.3, 0.4) is 0 Å². The Bertz CT molecular complexity index is 344. The third kappa shape index (κ3) is 1.79. The second-order valence-corrected chi connectivity index (χ2v) is 3.74. The molecule has 0 bridgehead atoms. The Morgan fingerprint density at radius 3 is 2.93 bits per heavy atom. The summed E-state index contributed by atoms with van der Waals surface area (Å²) in [4.78, 5) is 10.4. The van der Waals surface area contributed by atoms with Gasteiger partial charge in [-0.25, -0.2) is 0 Å². The zero-order valence-corrected chi connectivity index (χ0v) is 8.32. The zero-order chi connectivity index (χ0) is 9.97. The van der Waals surface area contributed by atoms with Crippen molar-refractivity contribution in [3.63, 3.8) is 0 Å². The Kier molecular flexibility index (Phi) is 2.53. The van der Waals surface area contributed by atoms with E-state index < -0.39 is 0 Å². The number of fused-ring (bicyclic) bond motifs is 1. The average Bonchev–Trinajstić information content (AvgIpc) is 2.64. The van der Waals surface area contributed by atoms with Gasteiger partial charge in [0.05, 0.1) is 0 Å². The molecule has 1 unspecified atom stereocenters. The van der Waals surface area contributed by atoms with Crippen LogP contribution in [0.5, 0.6) is 5.75 Å². The summed E-state index contributed by atoms with van der Waals surface area (Å²) in [6, 6.07) is 6.11. The number of aldehydes is 1. The zero-order valence-electron chi connectivity index (χ0n) is 8.32. The molecule has 2 rings (SSSR count). The highest BCUT2D eigenvalue weighted by atomic mass is 16.5. The molecule has 0 aromatic heterocycles. The van der Waals surface area contributed by atoms with Crippen molar-refractivity contribution < 1.29 is 9.53 Å². The molecule has 1 aliphatic rings. The molecule has 1 aliphatic carbocycles. The lowest BCUT2D eigenvalue weighted by molar-refractivity contribution is -0.113. The van der Waals surface area contributed by atoms with E-state index in [9.17, 15) is 4.79 Å². The molecule has 0 fully saturated rings. The molecule has 0 aliphatic heterocycles. The SMILES string of the molecule is CC(C=O)Oc1ccc2c(c1)CCC2. The first-order valence-electron chi connectivity index (χ1n) is 5.03. The summed E-state index contributed by atoms with van der Waals surface area (Å²) in [6.07, 6.45) is 4.02. The number of carbonyl (C=O) groups excluding carboxylic acids is 1. The van der Waals surface area contributed by atoms with E-state index in [0.29, 0.717) is 0 Å². The summed E-state index contributed by atoms with van der Waals surface area (Å²) in [7, 11) is 0. The summed E-state index contributed by atoms with van der Waals surface area (Å²) >= 11 is 0. The largest absolute Gasteiger partial charge is 0.483 e. The molecule has 1 aromatic rings. The Morgan fingerprint density at radius 2 is 2.14 bits per heavy atom. The number of carbonyl (C=O) groups is 1. The van der Waals surface area contributed by atoms with Gasteiger partial charge in [-0.05, 0) is 49.4 Å². The first kappa shape index (κ1) is 9.25. The minimum absolute atomic E-state index is 0.352. The van der Waals surface area contributed by atoms with Crippen LogP contribution >= 0.6 is 0 Å². The van der Waals surface area contributed by atoms with Gasteiger partial charge in [-0.15, -0.1) is 0 Å². The van der Waals surface area contributed by atoms with Crippen molar-refractivity contribution in [3.8, 4) is 5.75 Å². The predicted octanol–water partition coefficient (Wildman–Crippen LogP) is 2.14. The number of hydrogen-bond acceptors (Lipinski definition) is 2. The Labute approximate surface area is 83.9 Å². The number of benzene rings is 1. The maximum absolute atomic E-state index is 10.4. The summed E-state index contributed by atoms with van der Waals surface area (Å²) in [6.45, 7) is 1.75. The lowest BCUT2D eigenvalue weighted by Gasteiger charge is -2.09. The fourth-order valence-corrected chi connectivity index (χ4v) is 1.86.